The predicted octanol–water partition coefficient (Wildman–Crippen LogP) is 4.38. The van der Waals surface area contributed by atoms with E-state index in [2.05, 4.69) is 5.32 Å². The lowest BCUT2D eigenvalue weighted by molar-refractivity contribution is -0.144. The van der Waals surface area contributed by atoms with Gasteiger partial charge in [-0.2, -0.15) is 0 Å². The molecule has 0 bridgehead atoms. The number of rotatable bonds is 9. The van der Waals surface area contributed by atoms with Crippen molar-refractivity contribution in [3.63, 3.8) is 0 Å². The van der Waals surface area contributed by atoms with Crippen molar-refractivity contribution in [3.8, 4) is 0 Å². The molecule has 1 amide bonds. The summed E-state index contributed by atoms with van der Waals surface area (Å²) in [6, 6.07) is -0.215. The quantitative estimate of drug-likeness (QED) is 0.186. The molecule has 0 aromatic rings. The van der Waals surface area contributed by atoms with Crippen LogP contribution in [0.2, 0.25) is 0 Å². The van der Waals surface area contributed by atoms with Crippen LogP contribution in [-0.4, -0.2) is 58.1 Å². The first-order valence-corrected chi connectivity index (χ1v) is 13.5. The van der Waals surface area contributed by atoms with Gasteiger partial charge in [-0.1, -0.05) is 57.1 Å². The number of amides is 1. The van der Waals surface area contributed by atoms with Gasteiger partial charge in [0.1, 0.15) is 6.10 Å². The fourth-order valence-corrected chi connectivity index (χ4v) is 4.89. The maximum absolute atomic E-state index is 12.6. The summed E-state index contributed by atoms with van der Waals surface area (Å²) in [6.07, 6.45) is 13.7. The molecule has 0 radical (unpaired) electrons. The Labute approximate surface area is 217 Å². The molecule has 7 nitrogen and oxygen atoms in total. The van der Waals surface area contributed by atoms with Crippen molar-refractivity contribution in [1.29, 1.82) is 0 Å². The van der Waals surface area contributed by atoms with Crippen molar-refractivity contribution in [2.45, 2.75) is 123 Å². The van der Waals surface area contributed by atoms with Crippen molar-refractivity contribution in [2.75, 3.05) is 0 Å². The Morgan fingerprint density at radius 2 is 2.03 bits per heavy atom. The SMILES string of the molecule is CC[C@H](O)[C@@H](C)[C@H]1O[C@@H]1C[C@@](C)(O)C=CC=C(C)C1NC(=O)CCCCCC(OC(C)=O)C=CC1C. The molecule has 1 saturated heterocycles. The average Bonchev–Trinajstić information content (AvgIpc) is 3.55. The van der Waals surface area contributed by atoms with Gasteiger partial charge in [0.25, 0.3) is 0 Å². The number of carbonyl (C=O) groups is 2. The third-order valence-electron chi connectivity index (χ3n) is 7.27. The second kappa shape index (κ2) is 14.1. The van der Waals surface area contributed by atoms with E-state index in [1.54, 1.807) is 13.0 Å². The summed E-state index contributed by atoms with van der Waals surface area (Å²) in [5.74, 6) is -0.229. The summed E-state index contributed by atoms with van der Waals surface area (Å²) < 4.78 is 11.2. The van der Waals surface area contributed by atoms with Crippen LogP contribution in [0.3, 0.4) is 0 Å². The van der Waals surface area contributed by atoms with E-state index >= 15 is 0 Å². The molecule has 2 aliphatic rings. The molecule has 3 unspecified atom stereocenters. The number of allylic oxidation sites excluding steroid dienone is 2. The summed E-state index contributed by atoms with van der Waals surface area (Å²) in [4.78, 5) is 24.0. The topological polar surface area (TPSA) is 108 Å². The largest absolute Gasteiger partial charge is 0.458 e. The molecule has 1 fully saturated rings. The Morgan fingerprint density at radius 1 is 1.31 bits per heavy atom. The molecule has 0 saturated carbocycles. The highest BCUT2D eigenvalue weighted by Crippen LogP contribution is 2.37. The Bertz CT molecular complexity index is 817. The second-order valence-electron chi connectivity index (χ2n) is 10.8. The number of aliphatic hydroxyl groups is 2. The van der Waals surface area contributed by atoms with E-state index in [9.17, 15) is 19.8 Å². The first-order chi connectivity index (χ1) is 16.9. The molecule has 0 aliphatic carbocycles. The molecule has 0 spiro atoms. The van der Waals surface area contributed by atoms with Gasteiger partial charge >= 0.3 is 5.97 Å². The molecule has 7 heteroatoms. The summed E-state index contributed by atoms with van der Waals surface area (Å²) in [5, 5.41) is 24.1. The van der Waals surface area contributed by atoms with Crippen LogP contribution in [0.5, 0.6) is 0 Å². The summed E-state index contributed by atoms with van der Waals surface area (Å²) >= 11 is 0. The van der Waals surface area contributed by atoms with Crippen LogP contribution in [0.4, 0.5) is 0 Å². The monoisotopic (exact) mass is 505 g/mol. The van der Waals surface area contributed by atoms with E-state index in [-0.39, 0.29) is 48.1 Å². The minimum Gasteiger partial charge on any atom is -0.458 e. The molecule has 2 aliphatic heterocycles. The van der Waals surface area contributed by atoms with Gasteiger partial charge in [0.05, 0.1) is 30.0 Å². The molecule has 204 valence electrons. The van der Waals surface area contributed by atoms with Gasteiger partial charge in [-0.25, -0.2) is 0 Å². The first-order valence-electron chi connectivity index (χ1n) is 13.5. The van der Waals surface area contributed by atoms with Gasteiger partial charge in [0.15, 0.2) is 0 Å². The number of esters is 1. The normalized spacial score (nSPS) is 31.5. The number of epoxide rings is 1. The van der Waals surface area contributed by atoms with E-state index in [1.165, 1.54) is 6.92 Å². The molecule has 2 rings (SSSR count). The van der Waals surface area contributed by atoms with Crippen molar-refractivity contribution < 1.29 is 29.3 Å². The molecule has 3 N–H and O–H groups in total. The van der Waals surface area contributed by atoms with Crippen LogP contribution >= 0.6 is 0 Å². The highest BCUT2D eigenvalue weighted by molar-refractivity contribution is 5.76. The van der Waals surface area contributed by atoms with Gasteiger partial charge in [-0.15, -0.1) is 0 Å². The van der Waals surface area contributed by atoms with Gasteiger partial charge in [0.2, 0.25) is 5.91 Å². The van der Waals surface area contributed by atoms with Gasteiger partial charge in [-0.3, -0.25) is 9.59 Å². The molecule has 8 atom stereocenters. The Morgan fingerprint density at radius 3 is 2.69 bits per heavy atom. The molecule has 2 heterocycles. The number of aliphatic hydroxyl groups excluding tert-OH is 1. The minimum absolute atomic E-state index is 0.0105. The fraction of sp³-hybridized carbons (Fsp3) is 0.724. The number of carbonyl (C=O) groups excluding carboxylic acids is 2. The number of nitrogens with one attached hydrogen (secondary N) is 1. The zero-order valence-electron chi connectivity index (χ0n) is 22.9. The van der Waals surface area contributed by atoms with E-state index in [0.29, 0.717) is 19.3 Å². The summed E-state index contributed by atoms with van der Waals surface area (Å²) in [7, 11) is 0. The van der Waals surface area contributed by atoms with E-state index in [0.717, 1.165) is 31.3 Å². The lowest BCUT2D eigenvalue weighted by atomic mass is 9.91. The number of hydrogen-bond acceptors (Lipinski definition) is 6. The van der Waals surface area contributed by atoms with Crippen LogP contribution in [0, 0.1) is 11.8 Å². The summed E-state index contributed by atoms with van der Waals surface area (Å²) in [5.41, 5.74) is -0.0834. The standard InChI is InChI=1S/C29H47NO6/c1-7-24(32)21(4)28-25(36-28)18-29(6,34)17-11-12-19(2)27-20(3)15-16-23(35-22(5)31)13-9-8-10-14-26(33)30-27/h11-12,15-17,20-21,23-25,27-28,32,34H,7-10,13-14,18H2,1-6H3,(H,30,33)/t20?,21-,23?,24+,25-,27?,28-,29+/m1/s1. The number of ether oxygens (including phenoxy) is 2. The maximum Gasteiger partial charge on any atom is 0.303 e. The molecule has 0 aromatic heterocycles. The van der Waals surface area contributed by atoms with Gasteiger partial charge < -0.3 is 25.0 Å². The van der Waals surface area contributed by atoms with Crippen LogP contribution in [0.1, 0.15) is 86.5 Å². The predicted molar refractivity (Wildman–Crippen MR) is 141 cm³/mol. The van der Waals surface area contributed by atoms with Crippen LogP contribution < -0.4 is 5.32 Å². The molecule has 36 heavy (non-hydrogen) atoms. The fourth-order valence-electron chi connectivity index (χ4n) is 4.89. The maximum atomic E-state index is 12.6. The summed E-state index contributed by atoms with van der Waals surface area (Å²) in [6.45, 7) is 11.1. The first kappa shape index (κ1) is 30.3. The third-order valence-corrected chi connectivity index (χ3v) is 7.27. The highest BCUT2D eigenvalue weighted by Gasteiger charge is 2.47. The Kier molecular flexibility index (Phi) is 11.9. The van der Waals surface area contributed by atoms with E-state index in [1.807, 2.05) is 52.0 Å². The molecule has 0 aromatic carbocycles. The second-order valence-corrected chi connectivity index (χ2v) is 10.8. The molecular formula is C29H47NO6. The number of hydrogen-bond donors (Lipinski definition) is 3. The molecular weight excluding hydrogens is 458 g/mol. The van der Waals surface area contributed by atoms with Crippen LogP contribution in [0.15, 0.2) is 36.0 Å². The van der Waals surface area contributed by atoms with Crippen molar-refractivity contribution >= 4 is 11.9 Å². The van der Waals surface area contributed by atoms with E-state index in [4.69, 9.17) is 9.47 Å². The average molecular weight is 506 g/mol. The lowest BCUT2D eigenvalue weighted by Crippen LogP contribution is -2.40. The van der Waals surface area contributed by atoms with Gasteiger partial charge in [-0.05, 0) is 51.5 Å². The highest BCUT2D eigenvalue weighted by atomic mass is 16.6. The third kappa shape index (κ3) is 10.2. The van der Waals surface area contributed by atoms with Gasteiger partial charge in [0, 0.05) is 25.7 Å². The van der Waals surface area contributed by atoms with Crippen LogP contribution in [0.25, 0.3) is 0 Å². The minimum atomic E-state index is -1.05. The zero-order chi connectivity index (χ0) is 26.9. The van der Waals surface area contributed by atoms with Crippen molar-refractivity contribution in [3.05, 3.63) is 36.0 Å². The lowest BCUT2D eigenvalue weighted by Gasteiger charge is -2.25. The Balaban J connectivity index is 2.06. The smallest absolute Gasteiger partial charge is 0.303 e. The van der Waals surface area contributed by atoms with Crippen molar-refractivity contribution in [2.24, 2.45) is 11.8 Å². The zero-order valence-corrected chi connectivity index (χ0v) is 22.9. The van der Waals surface area contributed by atoms with E-state index < -0.39 is 11.7 Å². The van der Waals surface area contributed by atoms with Crippen LogP contribution in [-0.2, 0) is 19.1 Å². The van der Waals surface area contributed by atoms with Crippen molar-refractivity contribution in [1.82, 2.24) is 5.32 Å². The Hall–Kier alpha value is -1.96.